The Bertz CT molecular complexity index is 557. The lowest BCUT2D eigenvalue weighted by atomic mass is 10.4. The Labute approximate surface area is 126 Å². The maximum atomic E-state index is 5.54. The Kier molecular flexibility index (Phi) is 5.34. The van der Waals surface area contributed by atoms with Crippen molar-refractivity contribution in [1.29, 1.82) is 0 Å². The van der Waals surface area contributed by atoms with Crippen LogP contribution >= 0.6 is 15.9 Å². The third-order valence-corrected chi connectivity index (χ3v) is 3.21. The quantitative estimate of drug-likeness (QED) is 0.806. The van der Waals surface area contributed by atoms with Crippen LogP contribution in [0, 0.1) is 0 Å². The molecule has 0 aliphatic rings. The molecule has 0 fully saturated rings. The van der Waals surface area contributed by atoms with Crippen LogP contribution in [0.3, 0.4) is 0 Å². The summed E-state index contributed by atoms with van der Waals surface area (Å²) in [6.07, 6.45) is 5.34. The average molecular weight is 340 g/mol. The number of rotatable bonds is 7. The van der Waals surface area contributed by atoms with Gasteiger partial charge >= 0.3 is 0 Å². The highest BCUT2D eigenvalue weighted by Crippen LogP contribution is 2.20. The van der Waals surface area contributed by atoms with E-state index in [1.165, 1.54) is 0 Å². The summed E-state index contributed by atoms with van der Waals surface area (Å²) >= 11 is 3.42. The summed E-state index contributed by atoms with van der Waals surface area (Å²) in [5.74, 6) is 2.86. The molecule has 0 bridgehead atoms. The second-order valence-electron chi connectivity index (χ2n) is 4.24. The molecule has 0 amide bonds. The maximum Gasteiger partial charge on any atom is 0.224 e. The van der Waals surface area contributed by atoms with Gasteiger partial charge in [-0.1, -0.05) is 13.8 Å². The van der Waals surface area contributed by atoms with E-state index in [-0.39, 0.29) is 0 Å². The molecule has 0 aliphatic heterocycles. The first-order chi connectivity index (χ1) is 9.72. The second kappa shape index (κ2) is 7.23. The molecule has 0 unspecified atom stereocenters. The summed E-state index contributed by atoms with van der Waals surface area (Å²) in [7, 11) is 0. The van der Waals surface area contributed by atoms with E-state index < -0.39 is 0 Å². The van der Waals surface area contributed by atoms with Crippen LogP contribution in [0.15, 0.2) is 21.3 Å². The first-order valence-corrected chi connectivity index (χ1v) is 7.46. The van der Waals surface area contributed by atoms with E-state index in [1.54, 1.807) is 12.4 Å². The van der Waals surface area contributed by atoms with Crippen LogP contribution < -0.4 is 10.6 Å². The predicted octanol–water partition coefficient (Wildman–Crippen LogP) is 3.22. The van der Waals surface area contributed by atoms with Crippen molar-refractivity contribution in [2.75, 3.05) is 17.2 Å². The maximum absolute atomic E-state index is 5.54. The molecule has 7 heteroatoms. The van der Waals surface area contributed by atoms with Gasteiger partial charge < -0.3 is 15.1 Å². The van der Waals surface area contributed by atoms with E-state index >= 15 is 0 Å². The summed E-state index contributed by atoms with van der Waals surface area (Å²) in [6, 6.07) is 0. The molecule has 2 aromatic rings. The lowest BCUT2D eigenvalue weighted by Gasteiger charge is -2.08. The monoisotopic (exact) mass is 339 g/mol. The van der Waals surface area contributed by atoms with Crippen molar-refractivity contribution in [3.8, 4) is 0 Å². The molecule has 0 aromatic carbocycles. The van der Waals surface area contributed by atoms with E-state index in [0.717, 1.165) is 35.4 Å². The van der Waals surface area contributed by atoms with Gasteiger partial charge in [0.05, 0.1) is 17.2 Å². The van der Waals surface area contributed by atoms with E-state index in [1.807, 2.05) is 6.92 Å². The fraction of sp³-hybridized carbons (Fsp3) is 0.462. The van der Waals surface area contributed by atoms with Gasteiger partial charge in [0.1, 0.15) is 11.6 Å². The van der Waals surface area contributed by atoms with Crippen molar-refractivity contribution in [3.63, 3.8) is 0 Å². The Morgan fingerprint density at radius 3 is 2.75 bits per heavy atom. The minimum absolute atomic E-state index is 0.489. The molecular formula is C13H18BrN5O. The minimum atomic E-state index is 0.489. The third-order valence-electron chi connectivity index (χ3n) is 2.63. The molecule has 0 saturated heterocycles. The zero-order valence-corrected chi connectivity index (χ0v) is 13.2. The van der Waals surface area contributed by atoms with Crippen molar-refractivity contribution < 1.29 is 4.42 Å². The molecule has 2 heterocycles. The zero-order chi connectivity index (χ0) is 14.4. The molecule has 2 aromatic heterocycles. The number of hydrogen-bond acceptors (Lipinski definition) is 6. The highest BCUT2D eigenvalue weighted by molar-refractivity contribution is 9.10. The number of nitrogens with one attached hydrogen (secondary N) is 2. The summed E-state index contributed by atoms with van der Waals surface area (Å²) in [6.45, 7) is 5.47. The molecule has 2 N–H and O–H groups in total. The Morgan fingerprint density at radius 1 is 1.20 bits per heavy atom. The number of oxazole rings is 1. The highest BCUT2D eigenvalue weighted by atomic mass is 79.9. The molecule has 0 aliphatic carbocycles. The normalized spacial score (nSPS) is 10.6. The van der Waals surface area contributed by atoms with Gasteiger partial charge in [-0.15, -0.1) is 0 Å². The van der Waals surface area contributed by atoms with E-state index in [0.29, 0.717) is 18.4 Å². The van der Waals surface area contributed by atoms with Gasteiger partial charge in [0.25, 0.3) is 0 Å². The number of nitrogens with zero attached hydrogens (tertiary/aromatic N) is 3. The first kappa shape index (κ1) is 14.8. The molecule has 0 atom stereocenters. The van der Waals surface area contributed by atoms with Crippen molar-refractivity contribution in [2.45, 2.75) is 33.2 Å². The zero-order valence-electron chi connectivity index (χ0n) is 11.6. The van der Waals surface area contributed by atoms with Gasteiger partial charge in [-0.2, -0.15) is 4.98 Å². The molecule has 0 radical (unpaired) electrons. The number of aryl methyl sites for hydroxylation is 1. The number of anilines is 2. The summed E-state index contributed by atoms with van der Waals surface area (Å²) in [5.41, 5.74) is 0. The predicted molar refractivity (Wildman–Crippen MR) is 81.7 cm³/mol. The van der Waals surface area contributed by atoms with Crippen LogP contribution in [0.1, 0.15) is 31.9 Å². The lowest BCUT2D eigenvalue weighted by Crippen LogP contribution is -2.08. The smallest absolute Gasteiger partial charge is 0.224 e. The van der Waals surface area contributed by atoms with Crippen molar-refractivity contribution in [2.24, 2.45) is 0 Å². The van der Waals surface area contributed by atoms with Crippen LogP contribution in [-0.2, 0) is 13.0 Å². The van der Waals surface area contributed by atoms with Crippen LogP contribution in [0.2, 0.25) is 0 Å². The molecular weight excluding hydrogens is 322 g/mol. The molecule has 108 valence electrons. The van der Waals surface area contributed by atoms with Gasteiger partial charge in [0.15, 0.2) is 0 Å². The standard InChI is InChI=1S/C13H18BrN5O/c1-3-5-15-13-18-7-10(14)12(19-13)17-8-11-16-6-9(4-2)20-11/h6-7H,3-5,8H2,1-2H3,(H2,15,17,18,19). The SMILES string of the molecule is CCCNc1ncc(Br)c(NCc2ncc(CC)o2)n1. The van der Waals surface area contributed by atoms with Gasteiger partial charge in [0.2, 0.25) is 11.8 Å². The van der Waals surface area contributed by atoms with Crippen LogP contribution in [0.5, 0.6) is 0 Å². The van der Waals surface area contributed by atoms with E-state index in [4.69, 9.17) is 4.42 Å². The highest BCUT2D eigenvalue weighted by Gasteiger charge is 2.07. The lowest BCUT2D eigenvalue weighted by molar-refractivity contribution is 0.465. The molecule has 2 rings (SSSR count). The summed E-state index contributed by atoms with van der Waals surface area (Å²) < 4.78 is 6.35. The minimum Gasteiger partial charge on any atom is -0.444 e. The first-order valence-electron chi connectivity index (χ1n) is 6.66. The van der Waals surface area contributed by atoms with Gasteiger partial charge in [0, 0.05) is 19.2 Å². The Hall–Kier alpha value is -1.63. The molecule has 0 spiro atoms. The van der Waals surface area contributed by atoms with E-state index in [9.17, 15) is 0 Å². The topological polar surface area (TPSA) is 75.9 Å². The Balaban J connectivity index is 2.00. The fourth-order valence-electron chi connectivity index (χ4n) is 1.57. The number of halogens is 1. The van der Waals surface area contributed by atoms with Gasteiger partial charge in [-0.05, 0) is 22.4 Å². The van der Waals surface area contributed by atoms with Crippen molar-refractivity contribution >= 4 is 27.7 Å². The van der Waals surface area contributed by atoms with Gasteiger partial charge in [-0.3, -0.25) is 0 Å². The van der Waals surface area contributed by atoms with Crippen LogP contribution in [0.25, 0.3) is 0 Å². The average Bonchev–Trinajstić information content (AvgIpc) is 2.93. The van der Waals surface area contributed by atoms with Crippen LogP contribution in [0.4, 0.5) is 11.8 Å². The molecule has 0 saturated carbocycles. The molecule has 20 heavy (non-hydrogen) atoms. The molecule has 6 nitrogen and oxygen atoms in total. The Morgan fingerprint density at radius 2 is 2.05 bits per heavy atom. The second-order valence-corrected chi connectivity index (χ2v) is 5.10. The van der Waals surface area contributed by atoms with Crippen LogP contribution in [-0.4, -0.2) is 21.5 Å². The third kappa shape index (κ3) is 3.93. The summed E-state index contributed by atoms with van der Waals surface area (Å²) in [5, 5.41) is 6.34. The van der Waals surface area contributed by atoms with E-state index in [2.05, 4.69) is 48.4 Å². The summed E-state index contributed by atoms with van der Waals surface area (Å²) in [4.78, 5) is 12.8. The van der Waals surface area contributed by atoms with Gasteiger partial charge in [-0.25, -0.2) is 9.97 Å². The number of hydrogen-bond donors (Lipinski definition) is 2. The fourth-order valence-corrected chi connectivity index (χ4v) is 1.90. The van der Waals surface area contributed by atoms with Crippen molar-refractivity contribution in [1.82, 2.24) is 15.0 Å². The number of aromatic nitrogens is 3. The largest absolute Gasteiger partial charge is 0.444 e. The van der Waals surface area contributed by atoms with Crippen molar-refractivity contribution in [3.05, 3.63) is 28.5 Å².